The first kappa shape index (κ1) is 22.0. The predicted molar refractivity (Wildman–Crippen MR) is 153 cm³/mol. The molecule has 32 heavy (non-hydrogen) atoms. The Morgan fingerprint density at radius 2 is 1.09 bits per heavy atom. The first-order valence-electron chi connectivity index (χ1n) is 10.3. The first-order valence-corrected chi connectivity index (χ1v) is 16.9. The summed E-state index contributed by atoms with van der Waals surface area (Å²) in [7, 11) is 0. The van der Waals surface area contributed by atoms with Crippen LogP contribution in [0.5, 0.6) is 0 Å². The van der Waals surface area contributed by atoms with Crippen LogP contribution in [0.2, 0.25) is 0 Å². The molecule has 147 valence electrons. The third kappa shape index (κ3) is 2.87. The standard InChI is InChI=1S/C25H14IN2.3Al.HI/c26-28-22-14-6-10-18-16-8-2-4-12-20(16)25(24(18)22)19-11-3-1-7-15(19)17-9-5-13-21(27)23(17)25;;;;/h1-14H;;;;1H/q-1;;2*+1;/p-1. The zero-order valence-corrected chi connectivity index (χ0v) is 24.7. The molecule has 4 aromatic carbocycles. The Balaban J connectivity index is 1.88. The highest BCUT2D eigenvalue weighted by Gasteiger charge is 2.54. The van der Waals surface area contributed by atoms with E-state index in [9.17, 15) is 0 Å². The maximum Gasteiger partial charge on any atom is 0.445 e. The Kier molecular flexibility index (Phi) is 5.74. The van der Waals surface area contributed by atoms with Crippen molar-refractivity contribution in [3.05, 3.63) is 107 Å². The minimum Gasteiger partial charge on any atom is -0.571 e. The molecule has 0 N–H and O–H groups in total. The molecule has 1 atom stereocenters. The summed E-state index contributed by atoms with van der Waals surface area (Å²) in [4.78, 5) is 0. The summed E-state index contributed by atoms with van der Waals surface area (Å²) in [6, 6.07) is 31.5. The van der Waals surface area contributed by atoms with Crippen LogP contribution in [-0.2, 0) is 5.41 Å². The Labute approximate surface area is 236 Å². The first-order chi connectivity index (χ1) is 15.6. The molecule has 0 aromatic heterocycles. The van der Waals surface area contributed by atoms with Gasteiger partial charge in [0.1, 0.15) is 0 Å². The Hall–Kier alpha value is -0.463. The molecule has 2 aliphatic rings. The second kappa shape index (κ2) is 8.33. The highest BCUT2D eigenvalue weighted by atomic mass is 127. The second-order valence-corrected chi connectivity index (χ2v) is 14.2. The number of benzene rings is 4. The molecule has 0 heterocycles. The van der Waals surface area contributed by atoms with Crippen molar-refractivity contribution >= 4 is 99.7 Å². The van der Waals surface area contributed by atoms with Gasteiger partial charge in [0.25, 0.3) is 16.5 Å². The summed E-state index contributed by atoms with van der Waals surface area (Å²) in [5, 5.41) is 0. The van der Waals surface area contributed by atoms with Crippen molar-refractivity contribution in [3.8, 4) is 22.3 Å². The maximum absolute atomic E-state index is 2.97. The van der Waals surface area contributed by atoms with Gasteiger partial charge in [0, 0.05) is 34.1 Å². The second-order valence-electron chi connectivity index (χ2n) is 8.06. The van der Waals surface area contributed by atoms with Crippen molar-refractivity contribution in [3.63, 3.8) is 0 Å². The zero-order chi connectivity index (χ0) is 22.0. The fourth-order valence-corrected chi connectivity index (χ4v) is 7.71. The molecule has 0 bridgehead atoms. The number of hydrogen-bond acceptors (Lipinski definition) is 2. The van der Waals surface area contributed by atoms with Gasteiger partial charge in [-0.1, -0.05) is 72.8 Å². The van der Waals surface area contributed by atoms with Gasteiger partial charge in [0.05, 0.1) is 5.41 Å². The lowest BCUT2D eigenvalue weighted by Gasteiger charge is -2.37. The lowest BCUT2D eigenvalue weighted by atomic mass is 9.69. The molecule has 2 nitrogen and oxygen atoms in total. The quantitative estimate of drug-likeness (QED) is 0.127. The van der Waals surface area contributed by atoms with E-state index in [1.807, 2.05) is 0 Å². The summed E-state index contributed by atoms with van der Waals surface area (Å²) in [6.45, 7) is 0. The Morgan fingerprint density at radius 1 is 0.625 bits per heavy atom. The van der Waals surface area contributed by atoms with Crippen molar-refractivity contribution in [1.82, 2.24) is 0 Å². The number of halogens is 2. The molecule has 0 aliphatic heterocycles. The van der Waals surface area contributed by atoms with E-state index >= 15 is 0 Å². The van der Waals surface area contributed by atoms with E-state index in [2.05, 4.69) is 166 Å². The zero-order valence-electron chi connectivity index (χ0n) is 17.0. The van der Waals surface area contributed by atoms with Gasteiger partial charge >= 0.3 is 28.7 Å². The molecule has 1 unspecified atom stereocenters. The minimum absolute atomic E-state index is 0.0966. The van der Waals surface area contributed by atoms with Crippen LogP contribution in [0.15, 0.2) is 84.9 Å². The summed E-state index contributed by atoms with van der Waals surface area (Å²) < 4.78 is 4.54. The molecular weight excluding hydrogens is 663 g/mol. The topological polar surface area (TPSA) is 6.48 Å². The van der Waals surface area contributed by atoms with Gasteiger partial charge in [-0.05, 0) is 56.8 Å². The molecule has 0 saturated carbocycles. The smallest absolute Gasteiger partial charge is 0.445 e. The normalized spacial score (nSPS) is 16.8. The Bertz CT molecular complexity index is 1380. The van der Waals surface area contributed by atoms with Crippen LogP contribution in [0.25, 0.3) is 22.3 Å². The molecule has 4 aromatic rings. The van der Waals surface area contributed by atoms with E-state index in [1.165, 1.54) is 55.9 Å². The molecule has 2 aliphatic carbocycles. The fraction of sp³-hybridized carbons (Fsp3) is 0.0400. The van der Waals surface area contributed by atoms with Crippen LogP contribution in [0, 0.1) is 0 Å². The van der Waals surface area contributed by atoms with Crippen molar-refractivity contribution in [2.45, 2.75) is 5.41 Å². The van der Waals surface area contributed by atoms with Crippen molar-refractivity contribution in [2.24, 2.45) is 0 Å². The van der Waals surface area contributed by atoms with E-state index in [4.69, 9.17) is 0 Å². The number of nitrogens with zero attached hydrogens (tertiary/aromatic N) is 2. The molecule has 0 saturated heterocycles. The number of hydrogen-bond donors (Lipinski definition) is 0. The van der Waals surface area contributed by atoms with Gasteiger partial charge in [-0.2, -0.15) is 20.3 Å². The van der Waals surface area contributed by atoms with Crippen LogP contribution in [0.4, 0.5) is 11.4 Å². The van der Waals surface area contributed by atoms with Crippen LogP contribution in [0.3, 0.4) is 0 Å². The fourth-order valence-electron chi connectivity index (χ4n) is 5.66. The molecule has 5 radical (unpaired) electrons. The predicted octanol–water partition coefficient (Wildman–Crippen LogP) is 6.13. The lowest BCUT2D eigenvalue weighted by Crippen LogP contribution is -2.31. The van der Waals surface area contributed by atoms with Crippen LogP contribution >= 0.6 is 43.1 Å². The van der Waals surface area contributed by atoms with Crippen molar-refractivity contribution in [1.29, 1.82) is 0 Å². The molecular formula is C25H14Al3I2N2. The number of anilines is 2. The summed E-state index contributed by atoms with van der Waals surface area (Å²) in [6.07, 6.45) is 0. The summed E-state index contributed by atoms with van der Waals surface area (Å²) in [5.74, 6) is 0. The average Bonchev–Trinajstić information content (AvgIpc) is 3.31. The average molecular weight is 677 g/mol. The largest absolute Gasteiger partial charge is 0.571 e. The van der Waals surface area contributed by atoms with Crippen molar-refractivity contribution < 1.29 is 0 Å². The summed E-state index contributed by atoms with van der Waals surface area (Å²) >= 11 is 10.8. The third-order valence-electron chi connectivity index (χ3n) is 6.69. The molecule has 0 amide bonds. The van der Waals surface area contributed by atoms with Crippen LogP contribution in [-0.4, -0.2) is 45.2 Å². The minimum atomic E-state index is -0.342. The van der Waals surface area contributed by atoms with E-state index < -0.39 is 0 Å². The highest BCUT2D eigenvalue weighted by molar-refractivity contribution is 14.1. The lowest BCUT2D eigenvalue weighted by molar-refractivity contribution is 0.797. The maximum atomic E-state index is 2.97. The van der Waals surface area contributed by atoms with E-state index in [0.29, 0.717) is 0 Å². The van der Waals surface area contributed by atoms with Crippen LogP contribution in [0.1, 0.15) is 22.3 Å². The molecule has 0 fully saturated rings. The van der Waals surface area contributed by atoms with Gasteiger partial charge in [-0.15, -0.1) is 0 Å². The third-order valence-corrected chi connectivity index (χ3v) is 12.3. The van der Waals surface area contributed by atoms with Crippen molar-refractivity contribution in [2.75, 3.05) is 4.96 Å². The Morgan fingerprint density at radius 3 is 1.62 bits per heavy atom. The monoisotopic (exact) mass is 677 g/mol. The van der Waals surface area contributed by atoms with Crippen LogP contribution < -0.4 is 4.96 Å². The molecule has 6 rings (SSSR count). The van der Waals surface area contributed by atoms with Gasteiger partial charge in [0.15, 0.2) is 0 Å². The van der Waals surface area contributed by atoms with Gasteiger partial charge < -0.3 is 4.96 Å². The van der Waals surface area contributed by atoms with Gasteiger partial charge in [-0.25, -0.2) is 0 Å². The van der Waals surface area contributed by atoms with Gasteiger partial charge in [0.2, 0.25) is 0 Å². The van der Waals surface area contributed by atoms with Gasteiger partial charge in [-0.3, -0.25) is 0 Å². The highest BCUT2D eigenvalue weighted by Crippen LogP contribution is 2.66. The number of rotatable bonds is 3. The van der Waals surface area contributed by atoms with E-state index in [1.54, 1.807) is 0 Å². The SMILES string of the molecule is [Al][N](I)c1cccc2c1C1(c3ccccc3-2)c2ccccc2-c2cccc([N]([Al])[Al][I])c21. The summed E-state index contributed by atoms with van der Waals surface area (Å²) in [5.41, 5.74) is 13.1. The van der Waals surface area contributed by atoms with E-state index in [-0.39, 0.29) is 17.6 Å². The van der Waals surface area contributed by atoms with E-state index in [0.717, 1.165) is 0 Å². The molecule has 1 spiro atoms. The molecule has 7 heteroatoms. The number of fused-ring (bicyclic) bond motifs is 10.